The molecule has 2 aromatic rings. The van der Waals surface area contributed by atoms with Crippen molar-refractivity contribution in [2.75, 3.05) is 26.1 Å². The zero-order valence-electron chi connectivity index (χ0n) is 13.6. The number of nitrogens with one attached hydrogen (secondary N) is 1. The first-order valence-corrected chi connectivity index (χ1v) is 8.91. The highest BCUT2D eigenvalue weighted by Crippen LogP contribution is 2.15. The maximum absolute atomic E-state index is 12.2. The molecule has 2 aromatic carbocycles. The Bertz CT molecular complexity index is 741. The molecule has 0 amide bonds. The summed E-state index contributed by atoms with van der Waals surface area (Å²) in [4.78, 5) is 2.00. The van der Waals surface area contributed by atoms with Crippen LogP contribution in [0.5, 0.6) is 5.75 Å². The molecule has 0 aliphatic carbocycles. The van der Waals surface area contributed by atoms with Crippen LogP contribution in [0.3, 0.4) is 0 Å². The van der Waals surface area contributed by atoms with E-state index in [9.17, 15) is 8.42 Å². The van der Waals surface area contributed by atoms with Crippen molar-refractivity contribution in [3.05, 3.63) is 59.7 Å². The minimum Gasteiger partial charge on any atom is -0.497 e. The topological polar surface area (TPSA) is 58.6 Å². The second-order valence-corrected chi connectivity index (χ2v) is 7.30. The van der Waals surface area contributed by atoms with Crippen molar-refractivity contribution in [3.8, 4) is 5.75 Å². The van der Waals surface area contributed by atoms with E-state index in [1.54, 1.807) is 31.4 Å². The lowest BCUT2D eigenvalue weighted by Crippen LogP contribution is -2.24. The van der Waals surface area contributed by atoms with Crippen LogP contribution in [0.15, 0.2) is 48.5 Å². The van der Waals surface area contributed by atoms with Gasteiger partial charge in [-0.3, -0.25) is 0 Å². The molecular weight excluding hydrogens is 312 g/mol. The van der Waals surface area contributed by atoms with Crippen LogP contribution in [0.25, 0.3) is 0 Å². The summed E-state index contributed by atoms with van der Waals surface area (Å²) in [5.41, 5.74) is 2.69. The normalized spacial score (nSPS) is 11.3. The van der Waals surface area contributed by atoms with E-state index in [1.807, 2.05) is 43.3 Å². The van der Waals surface area contributed by atoms with Gasteiger partial charge in [-0.05, 0) is 35.4 Å². The number of sulfonamides is 1. The number of benzene rings is 2. The minimum atomic E-state index is -3.40. The third-order valence-electron chi connectivity index (χ3n) is 3.44. The van der Waals surface area contributed by atoms with Crippen molar-refractivity contribution >= 4 is 15.7 Å². The minimum absolute atomic E-state index is 0.0695. The van der Waals surface area contributed by atoms with E-state index < -0.39 is 10.0 Å². The smallest absolute Gasteiger partial charge is 0.216 e. The molecule has 0 aliphatic heterocycles. The summed E-state index contributed by atoms with van der Waals surface area (Å²) in [6, 6.07) is 14.8. The summed E-state index contributed by atoms with van der Waals surface area (Å²) < 4.78 is 32.1. The van der Waals surface area contributed by atoms with Gasteiger partial charge in [0, 0.05) is 26.3 Å². The maximum Gasteiger partial charge on any atom is 0.216 e. The number of nitrogens with zero attached hydrogens (tertiary/aromatic N) is 1. The van der Waals surface area contributed by atoms with Gasteiger partial charge in [0.05, 0.1) is 12.9 Å². The highest BCUT2D eigenvalue weighted by molar-refractivity contribution is 7.88. The molecule has 0 radical (unpaired) electrons. The van der Waals surface area contributed by atoms with Crippen molar-refractivity contribution in [3.63, 3.8) is 0 Å². The first kappa shape index (κ1) is 17.3. The molecule has 0 fully saturated rings. The molecule has 0 aromatic heterocycles. The third kappa shape index (κ3) is 5.26. The molecule has 124 valence electrons. The third-order valence-corrected chi connectivity index (χ3v) is 4.74. The van der Waals surface area contributed by atoms with Gasteiger partial charge in [-0.25, -0.2) is 13.1 Å². The first-order chi connectivity index (χ1) is 10.9. The Kier molecular flexibility index (Phi) is 5.63. The van der Waals surface area contributed by atoms with Crippen LogP contribution in [0.2, 0.25) is 0 Å². The predicted molar refractivity (Wildman–Crippen MR) is 93.2 cm³/mol. The fourth-order valence-corrected chi connectivity index (χ4v) is 3.24. The Balaban J connectivity index is 1.98. The number of hydrogen-bond donors (Lipinski definition) is 1. The van der Waals surface area contributed by atoms with Gasteiger partial charge in [-0.1, -0.05) is 24.3 Å². The number of methoxy groups -OCH3 is 1. The van der Waals surface area contributed by atoms with Crippen LogP contribution in [0.1, 0.15) is 11.1 Å². The summed E-state index contributed by atoms with van der Waals surface area (Å²) in [7, 11) is 2.09. The molecule has 23 heavy (non-hydrogen) atoms. The van der Waals surface area contributed by atoms with Crippen molar-refractivity contribution in [1.29, 1.82) is 0 Å². The Morgan fingerprint density at radius 3 is 2.35 bits per heavy atom. The molecule has 0 aliphatic rings. The van der Waals surface area contributed by atoms with Crippen LogP contribution in [0.4, 0.5) is 5.69 Å². The van der Waals surface area contributed by atoms with Gasteiger partial charge in [-0.15, -0.1) is 0 Å². The molecule has 0 saturated carbocycles. The molecule has 1 N–H and O–H groups in total. The van der Waals surface area contributed by atoms with Gasteiger partial charge in [0.1, 0.15) is 5.75 Å². The van der Waals surface area contributed by atoms with Gasteiger partial charge >= 0.3 is 0 Å². The van der Waals surface area contributed by atoms with E-state index in [0.717, 1.165) is 11.3 Å². The molecule has 0 atom stereocenters. The first-order valence-electron chi connectivity index (χ1n) is 7.26. The van der Waals surface area contributed by atoms with E-state index in [4.69, 9.17) is 4.74 Å². The summed E-state index contributed by atoms with van der Waals surface area (Å²) in [5.74, 6) is 0.581. The van der Waals surface area contributed by atoms with Crippen LogP contribution in [0, 0.1) is 0 Å². The molecule has 0 spiro atoms. The monoisotopic (exact) mass is 334 g/mol. The largest absolute Gasteiger partial charge is 0.497 e. The van der Waals surface area contributed by atoms with Crippen LogP contribution in [-0.2, 0) is 22.3 Å². The van der Waals surface area contributed by atoms with Crippen molar-refractivity contribution in [2.45, 2.75) is 12.3 Å². The van der Waals surface area contributed by atoms with Crippen molar-refractivity contribution < 1.29 is 13.2 Å². The molecule has 0 bridgehead atoms. The van der Waals surface area contributed by atoms with Gasteiger partial charge in [0.25, 0.3) is 0 Å². The fourth-order valence-electron chi connectivity index (χ4n) is 2.14. The Morgan fingerprint density at radius 1 is 1.04 bits per heavy atom. The highest BCUT2D eigenvalue weighted by Gasteiger charge is 2.12. The predicted octanol–water partition coefficient (Wildman–Crippen LogP) is 2.38. The highest BCUT2D eigenvalue weighted by atomic mass is 32.2. The van der Waals surface area contributed by atoms with Crippen molar-refractivity contribution in [1.82, 2.24) is 4.72 Å². The second kappa shape index (κ2) is 7.48. The van der Waals surface area contributed by atoms with Crippen LogP contribution in [-0.4, -0.2) is 29.6 Å². The molecule has 6 heteroatoms. The lowest BCUT2D eigenvalue weighted by molar-refractivity contribution is 0.414. The lowest BCUT2D eigenvalue weighted by atomic mass is 10.2. The van der Waals surface area contributed by atoms with Gasteiger partial charge in [0.2, 0.25) is 10.0 Å². The van der Waals surface area contributed by atoms with Gasteiger partial charge in [-0.2, -0.15) is 0 Å². The van der Waals surface area contributed by atoms with Crippen molar-refractivity contribution in [2.24, 2.45) is 0 Å². The summed E-state index contributed by atoms with van der Waals surface area (Å²) in [6.45, 7) is 0.278. The van der Waals surface area contributed by atoms with Crippen LogP contribution < -0.4 is 14.4 Å². The van der Waals surface area contributed by atoms with E-state index in [1.165, 1.54) is 0 Å². The second-order valence-electron chi connectivity index (χ2n) is 5.49. The molecule has 2 rings (SSSR count). The molecule has 0 unspecified atom stereocenters. The number of rotatable bonds is 7. The average molecular weight is 334 g/mol. The Morgan fingerprint density at radius 2 is 1.74 bits per heavy atom. The van der Waals surface area contributed by atoms with Gasteiger partial charge in [0.15, 0.2) is 0 Å². The Hall–Kier alpha value is -2.05. The number of anilines is 1. The molecule has 0 saturated heterocycles. The van der Waals surface area contributed by atoms with E-state index in [0.29, 0.717) is 11.3 Å². The quantitative estimate of drug-likeness (QED) is 0.845. The summed E-state index contributed by atoms with van der Waals surface area (Å²) >= 11 is 0. The average Bonchev–Trinajstić information content (AvgIpc) is 2.53. The van der Waals surface area contributed by atoms with Gasteiger partial charge < -0.3 is 9.64 Å². The summed E-state index contributed by atoms with van der Waals surface area (Å²) in [6.07, 6.45) is 0. The molecule has 5 nitrogen and oxygen atoms in total. The molecular formula is C17H22N2O3S. The summed E-state index contributed by atoms with van der Waals surface area (Å²) in [5, 5.41) is 0. The number of hydrogen-bond acceptors (Lipinski definition) is 4. The zero-order chi connectivity index (χ0) is 16.9. The SMILES string of the molecule is COc1cccc(CS(=O)(=O)NCc2ccc(N(C)C)cc2)c1. The number of ether oxygens (including phenoxy) is 1. The van der Waals surface area contributed by atoms with E-state index in [2.05, 4.69) is 4.72 Å². The van der Waals surface area contributed by atoms with E-state index >= 15 is 0 Å². The lowest BCUT2D eigenvalue weighted by Gasteiger charge is -2.13. The van der Waals surface area contributed by atoms with E-state index in [-0.39, 0.29) is 12.3 Å². The fraction of sp³-hybridized carbons (Fsp3) is 0.294. The molecule has 0 heterocycles. The zero-order valence-corrected chi connectivity index (χ0v) is 14.4. The standard InChI is InChI=1S/C17H22N2O3S/c1-19(2)16-9-7-14(8-10-16)12-18-23(20,21)13-15-5-4-6-17(11-15)22-3/h4-11,18H,12-13H2,1-3H3. The Labute approximate surface area is 137 Å². The van der Waals surface area contributed by atoms with Crippen LogP contribution >= 0.6 is 0 Å². The maximum atomic E-state index is 12.2.